The average Bonchev–Trinajstić information content (AvgIpc) is 2.88. The maximum Gasteiger partial charge on any atom is 0.207 e. The van der Waals surface area contributed by atoms with Crippen LogP contribution in [0, 0.1) is 0 Å². The molecular formula is C8H9N3O. The van der Waals surface area contributed by atoms with Gasteiger partial charge in [0, 0.05) is 12.4 Å². The molecule has 0 radical (unpaired) electrons. The van der Waals surface area contributed by atoms with Crippen molar-refractivity contribution >= 4 is 6.41 Å². The zero-order valence-corrected chi connectivity index (χ0v) is 6.53. The lowest BCUT2D eigenvalue weighted by molar-refractivity contribution is -0.110. The third-order valence-corrected chi connectivity index (χ3v) is 2.08. The topological polar surface area (TPSA) is 54.9 Å². The summed E-state index contributed by atoms with van der Waals surface area (Å²) < 4.78 is 0. The molecule has 1 fully saturated rings. The van der Waals surface area contributed by atoms with Gasteiger partial charge in [-0.3, -0.25) is 4.79 Å². The first-order chi connectivity index (χ1) is 5.87. The van der Waals surface area contributed by atoms with E-state index in [-0.39, 0.29) is 5.54 Å². The van der Waals surface area contributed by atoms with Crippen LogP contribution in [-0.2, 0) is 10.3 Å². The lowest BCUT2D eigenvalue weighted by Gasteiger charge is -2.10. The third-order valence-electron chi connectivity index (χ3n) is 2.08. The second kappa shape index (κ2) is 2.55. The SMILES string of the molecule is O=CNC1(c2ncccn2)CC1. The number of hydrogen-bond donors (Lipinski definition) is 1. The normalized spacial score (nSPS) is 18.3. The molecule has 0 atom stereocenters. The van der Waals surface area contributed by atoms with Gasteiger partial charge in [-0.25, -0.2) is 9.97 Å². The Labute approximate surface area is 70.0 Å². The quantitative estimate of drug-likeness (QED) is 0.648. The number of nitrogens with one attached hydrogen (secondary N) is 1. The zero-order chi connectivity index (χ0) is 8.44. The average molecular weight is 163 g/mol. The van der Waals surface area contributed by atoms with E-state index in [4.69, 9.17) is 0 Å². The molecule has 1 aliphatic rings. The van der Waals surface area contributed by atoms with Crippen molar-refractivity contribution in [1.29, 1.82) is 0 Å². The van der Waals surface area contributed by atoms with Crippen LogP contribution in [0.3, 0.4) is 0 Å². The first-order valence-electron chi connectivity index (χ1n) is 3.86. The van der Waals surface area contributed by atoms with Crippen molar-refractivity contribution < 1.29 is 4.79 Å². The molecule has 0 aromatic carbocycles. The molecule has 1 aromatic rings. The highest BCUT2D eigenvalue weighted by Crippen LogP contribution is 2.42. The highest BCUT2D eigenvalue weighted by Gasteiger charge is 2.46. The Hall–Kier alpha value is -1.45. The van der Waals surface area contributed by atoms with Crippen LogP contribution < -0.4 is 5.32 Å². The van der Waals surface area contributed by atoms with E-state index in [1.807, 2.05) is 0 Å². The van der Waals surface area contributed by atoms with Crippen LogP contribution in [0.4, 0.5) is 0 Å². The molecule has 62 valence electrons. The summed E-state index contributed by atoms with van der Waals surface area (Å²) in [6, 6.07) is 1.76. The van der Waals surface area contributed by atoms with Crippen molar-refractivity contribution in [2.24, 2.45) is 0 Å². The summed E-state index contributed by atoms with van der Waals surface area (Å²) in [5.74, 6) is 0.720. The molecule has 0 spiro atoms. The van der Waals surface area contributed by atoms with Crippen molar-refractivity contribution in [2.75, 3.05) is 0 Å². The Morgan fingerprint density at radius 3 is 2.58 bits per heavy atom. The Kier molecular flexibility index (Phi) is 1.53. The Morgan fingerprint density at radius 2 is 2.08 bits per heavy atom. The Bertz CT molecular complexity index is 282. The fourth-order valence-corrected chi connectivity index (χ4v) is 1.22. The smallest absolute Gasteiger partial charge is 0.207 e. The summed E-state index contributed by atoms with van der Waals surface area (Å²) >= 11 is 0. The van der Waals surface area contributed by atoms with Crippen LogP contribution in [0.15, 0.2) is 18.5 Å². The number of rotatable bonds is 3. The molecule has 0 bridgehead atoms. The van der Waals surface area contributed by atoms with Gasteiger partial charge >= 0.3 is 0 Å². The summed E-state index contributed by atoms with van der Waals surface area (Å²) in [5, 5.41) is 2.74. The van der Waals surface area contributed by atoms with Crippen LogP contribution in [-0.4, -0.2) is 16.4 Å². The van der Waals surface area contributed by atoms with Crippen LogP contribution in [0.2, 0.25) is 0 Å². The molecule has 1 aromatic heterocycles. The Morgan fingerprint density at radius 1 is 1.42 bits per heavy atom. The minimum Gasteiger partial charge on any atom is -0.346 e. The molecule has 1 N–H and O–H groups in total. The molecular weight excluding hydrogens is 154 g/mol. The molecule has 1 amide bonds. The van der Waals surface area contributed by atoms with Crippen molar-refractivity contribution in [2.45, 2.75) is 18.4 Å². The maximum absolute atomic E-state index is 10.3. The highest BCUT2D eigenvalue weighted by molar-refractivity contribution is 5.50. The van der Waals surface area contributed by atoms with Gasteiger partial charge in [0.1, 0.15) is 0 Å². The molecule has 1 saturated carbocycles. The second-order valence-corrected chi connectivity index (χ2v) is 2.92. The van der Waals surface area contributed by atoms with Gasteiger partial charge in [-0.2, -0.15) is 0 Å². The van der Waals surface area contributed by atoms with E-state index in [0.717, 1.165) is 18.7 Å². The fraction of sp³-hybridized carbons (Fsp3) is 0.375. The van der Waals surface area contributed by atoms with Crippen molar-refractivity contribution in [3.63, 3.8) is 0 Å². The summed E-state index contributed by atoms with van der Waals surface area (Å²) in [4.78, 5) is 18.5. The number of carbonyl (C=O) groups excluding carboxylic acids is 1. The largest absolute Gasteiger partial charge is 0.346 e. The minimum absolute atomic E-state index is 0.247. The molecule has 4 nitrogen and oxygen atoms in total. The van der Waals surface area contributed by atoms with E-state index >= 15 is 0 Å². The number of nitrogens with zero attached hydrogens (tertiary/aromatic N) is 2. The van der Waals surface area contributed by atoms with Gasteiger partial charge in [0.05, 0.1) is 5.54 Å². The lowest BCUT2D eigenvalue weighted by Crippen LogP contribution is -2.29. The minimum atomic E-state index is -0.247. The van der Waals surface area contributed by atoms with Crippen LogP contribution in [0.25, 0.3) is 0 Å². The molecule has 2 rings (SSSR count). The number of hydrogen-bond acceptors (Lipinski definition) is 3. The van der Waals surface area contributed by atoms with E-state index in [0.29, 0.717) is 6.41 Å². The van der Waals surface area contributed by atoms with E-state index in [1.165, 1.54) is 0 Å². The predicted octanol–water partition coefficient (Wildman–Crippen LogP) is 0.212. The summed E-state index contributed by atoms with van der Waals surface area (Å²) in [5.41, 5.74) is -0.247. The fourth-order valence-electron chi connectivity index (χ4n) is 1.22. The number of carbonyl (C=O) groups is 1. The monoisotopic (exact) mass is 163 g/mol. The summed E-state index contributed by atoms with van der Waals surface area (Å²) in [6.07, 6.45) is 5.97. The summed E-state index contributed by atoms with van der Waals surface area (Å²) in [7, 11) is 0. The molecule has 0 saturated heterocycles. The molecule has 1 heterocycles. The third kappa shape index (κ3) is 1.05. The zero-order valence-electron chi connectivity index (χ0n) is 6.53. The Balaban J connectivity index is 2.25. The van der Waals surface area contributed by atoms with Gasteiger partial charge in [-0.15, -0.1) is 0 Å². The van der Waals surface area contributed by atoms with Crippen molar-refractivity contribution in [3.8, 4) is 0 Å². The predicted molar refractivity (Wildman–Crippen MR) is 42.1 cm³/mol. The first kappa shape index (κ1) is 7.21. The molecule has 12 heavy (non-hydrogen) atoms. The van der Waals surface area contributed by atoms with Gasteiger partial charge < -0.3 is 5.32 Å². The van der Waals surface area contributed by atoms with E-state index < -0.39 is 0 Å². The van der Waals surface area contributed by atoms with Crippen LogP contribution in [0.1, 0.15) is 18.7 Å². The first-order valence-corrected chi connectivity index (χ1v) is 3.86. The standard InChI is InChI=1S/C8H9N3O/c12-6-11-8(2-3-8)7-9-4-1-5-10-7/h1,4-6H,2-3H2,(H,11,12). The van der Waals surface area contributed by atoms with Crippen LogP contribution in [0.5, 0.6) is 0 Å². The number of aromatic nitrogens is 2. The second-order valence-electron chi connectivity index (χ2n) is 2.92. The number of amides is 1. The van der Waals surface area contributed by atoms with E-state index in [1.54, 1.807) is 18.5 Å². The maximum atomic E-state index is 10.3. The lowest BCUT2D eigenvalue weighted by atomic mass is 10.2. The highest BCUT2D eigenvalue weighted by atomic mass is 16.1. The van der Waals surface area contributed by atoms with Crippen molar-refractivity contribution in [1.82, 2.24) is 15.3 Å². The molecule has 0 aliphatic heterocycles. The molecule has 4 heteroatoms. The molecule has 0 unspecified atom stereocenters. The van der Waals surface area contributed by atoms with Crippen LogP contribution >= 0.6 is 0 Å². The summed E-state index contributed by atoms with van der Waals surface area (Å²) in [6.45, 7) is 0. The molecule has 1 aliphatic carbocycles. The van der Waals surface area contributed by atoms with E-state index in [2.05, 4.69) is 15.3 Å². The van der Waals surface area contributed by atoms with Gasteiger partial charge in [-0.05, 0) is 18.9 Å². The van der Waals surface area contributed by atoms with Gasteiger partial charge in [-0.1, -0.05) is 0 Å². The van der Waals surface area contributed by atoms with Gasteiger partial charge in [0.25, 0.3) is 0 Å². The van der Waals surface area contributed by atoms with E-state index in [9.17, 15) is 4.79 Å². The van der Waals surface area contributed by atoms with Gasteiger partial charge in [0.15, 0.2) is 5.82 Å². The van der Waals surface area contributed by atoms with Crippen molar-refractivity contribution in [3.05, 3.63) is 24.3 Å². The van der Waals surface area contributed by atoms with Gasteiger partial charge in [0.2, 0.25) is 6.41 Å².